The van der Waals surface area contributed by atoms with Gasteiger partial charge in [0, 0.05) is 11.1 Å². The minimum absolute atomic E-state index is 0.177. The second-order valence-electron chi connectivity index (χ2n) is 3.91. The Morgan fingerprint density at radius 3 is 2.95 bits per heavy atom. The summed E-state index contributed by atoms with van der Waals surface area (Å²) in [6.45, 7) is 2.20. The molecule has 2 rings (SSSR count). The van der Waals surface area contributed by atoms with Crippen molar-refractivity contribution in [3.63, 3.8) is 0 Å². The predicted molar refractivity (Wildman–Crippen MR) is 71.0 cm³/mol. The fraction of sp³-hybridized carbons (Fsp3) is 0.231. The van der Waals surface area contributed by atoms with Gasteiger partial charge in [-0.2, -0.15) is 0 Å². The highest BCUT2D eigenvalue weighted by Gasteiger charge is 2.13. The number of nitrogens with zero attached hydrogens (tertiary/aromatic N) is 1. The molecule has 1 amide bonds. The van der Waals surface area contributed by atoms with Gasteiger partial charge in [0.1, 0.15) is 16.6 Å². The molecule has 1 aromatic carbocycles. The highest BCUT2D eigenvalue weighted by atomic mass is 32.1. The van der Waals surface area contributed by atoms with Crippen LogP contribution in [0.5, 0.6) is 5.75 Å². The smallest absolute Gasteiger partial charge is 0.255 e. The molecule has 0 aliphatic heterocycles. The van der Waals surface area contributed by atoms with E-state index in [1.165, 1.54) is 30.6 Å². The maximum atomic E-state index is 13.2. The Morgan fingerprint density at radius 2 is 2.32 bits per heavy atom. The molecular formula is C13H13FN2O2S. The van der Waals surface area contributed by atoms with Crippen LogP contribution in [-0.2, 0) is 6.54 Å². The summed E-state index contributed by atoms with van der Waals surface area (Å²) in [4.78, 5) is 16.2. The Morgan fingerprint density at radius 1 is 1.53 bits per heavy atom. The first-order valence-corrected chi connectivity index (χ1v) is 6.51. The lowest BCUT2D eigenvalue weighted by atomic mass is 10.2. The predicted octanol–water partition coefficient (Wildman–Crippen LogP) is 2.53. The minimum Gasteiger partial charge on any atom is -0.496 e. The summed E-state index contributed by atoms with van der Waals surface area (Å²) in [5.41, 5.74) is 1.09. The maximum absolute atomic E-state index is 13.2. The molecule has 100 valence electrons. The second kappa shape index (κ2) is 5.79. The van der Waals surface area contributed by atoms with Crippen molar-refractivity contribution in [2.24, 2.45) is 0 Å². The third kappa shape index (κ3) is 3.29. The van der Waals surface area contributed by atoms with Crippen molar-refractivity contribution in [1.82, 2.24) is 10.3 Å². The number of carbonyl (C=O) groups is 1. The molecule has 4 nitrogen and oxygen atoms in total. The molecule has 0 bridgehead atoms. The largest absolute Gasteiger partial charge is 0.496 e. The van der Waals surface area contributed by atoms with Gasteiger partial charge in [-0.15, -0.1) is 11.3 Å². The van der Waals surface area contributed by atoms with E-state index in [1.54, 1.807) is 0 Å². The summed E-state index contributed by atoms with van der Waals surface area (Å²) in [7, 11) is 1.44. The molecule has 6 heteroatoms. The van der Waals surface area contributed by atoms with Crippen molar-refractivity contribution in [2.75, 3.05) is 7.11 Å². The Kier molecular flexibility index (Phi) is 4.11. The molecule has 0 saturated carbocycles. The van der Waals surface area contributed by atoms with Crippen LogP contribution in [-0.4, -0.2) is 18.0 Å². The van der Waals surface area contributed by atoms with Crippen LogP contribution in [0.3, 0.4) is 0 Å². The minimum atomic E-state index is -0.476. The van der Waals surface area contributed by atoms with Gasteiger partial charge < -0.3 is 10.1 Å². The SMILES string of the molecule is COc1ccc(F)cc1C(=O)NCc1nc(C)cs1. The van der Waals surface area contributed by atoms with Gasteiger partial charge in [0.2, 0.25) is 0 Å². The number of amides is 1. The van der Waals surface area contributed by atoms with Gasteiger partial charge in [0.25, 0.3) is 5.91 Å². The molecule has 0 aliphatic rings. The number of carbonyl (C=O) groups excluding carboxylic acids is 1. The first-order chi connectivity index (χ1) is 9.10. The number of rotatable bonds is 4. The molecule has 0 fully saturated rings. The Balaban J connectivity index is 2.09. The molecule has 0 spiro atoms. The van der Waals surface area contributed by atoms with Gasteiger partial charge in [-0.25, -0.2) is 9.37 Å². The van der Waals surface area contributed by atoms with E-state index >= 15 is 0 Å². The zero-order valence-corrected chi connectivity index (χ0v) is 11.4. The monoisotopic (exact) mass is 280 g/mol. The molecule has 0 radical (unpaired) electrons. The molecular weight excluding hydrogens is 267 g/mol. The number of nitrogens with one attached hydrogen (secondary N) is 1. The van der Waals surface area contributed by atoms with Crippen molar-refractivity contribution in [3.05, 3.63) is 45.7 Å². The van der Waals surface area contributed by atoms with E-state index in [9.17, 15) is 9.18 Å². The zero-order chi connectivity index (χ0) is 13.8. The van der Waals surface area contributed by atoms with Gasteiger partial charge >= 0.3 is 0 Å². The number of methoxy groups -OCH3 is 1. The molecule has 0 unspecified atom stereocenters. The summed E-state index contributed by atoms with van der Waals surface area (Å²) in [6.07, 6.45) is 0. The van der Waals surface area contributed by atoms with Crippen molar-refractivity contribution in [1.29, 1.82) is 0 Å². The first kappa shape index (κ1) is 13.5. The average molecular weight is 280 g/mol. The lowest BCUT2D eigenvalue weighted by Gasteiger charge is -2.08. The van der Waals surface area contributed by atoms with Crippen molar-refractivity contribution < 1.29 is 13.9 Å². The third-order valence-corrected chi connectivity index (χ3v) is 3.44. The number of aryl methyl sites for hydroxylation is 1. The van der Waals surface area contributed by atoms with Crippen molar-refractivity contribution >= 4 is 17.2 Å². The van der Waals surface area contributed by atoms with E-state index in [-0.39, 0.29) is 11.5 Å². The molecule has 1 heterocycles. The van der Waals surface area contributed by atoms with E-state index in [2.05, 4.69) is 10.3 Å². The fourth-order valence-corrected chi connectivity index (χ4v) is 2.30. The third-order valence-electron chi connectivity index (χ3n) is 2.47. The molecule has 0 atom stereocenters. The van der Waals surface area contributed by atoms with Crippen LogP contribution in [0.25, 0.3) is 0 Å². The van der Waals surface area contributed by atoms with Crippen LogP contribution in [0.2, 0.25) is 0 Å². The van der Waals surface area contributed by atoms with E-state index in [0.717, 1.165) is 16.8 Å². The van der Waals surface area contributed by atoms with Crippen LogP contribution < -0.4 is 10.1 Å². The van der Waals surface area contributed by atoms with E-state index in [1.807, 2.05) is 12.3 Å². The Bertz CT molecular complexity index is 598. The highest BCUT2D eigenvalue weighted by molar-refractivity contribution is 7.09. The summed E-state index contributed by atoms with van der Waals surface area (Å²) in [6, 6.07) is 3.83. The highest BCUT2D eigenvalue weighted by Crippen LogP contribution is 2.19. The average Bonchev–Trinajstić information content (AvgIpc) is 2.81. The summed E-state index contributed by atoms with van der Waals surface area (Å²) >= 11 is 1.47. The molecule has 2 aromatic rings. The van der Waals surface area contributed by atoms with Gasteiger partial charge in [0.05, 0.1) is 19.2 Å². The van der Waals surface area contributed by atoms with Crippen LogP contribution >= 0.6 is 11.3 Å². The van der Waals surface area contributed by atoms with Crippen molar-refractivity contribution in [2.45, 2.75) is 13.5 Å². The molecule has 0 aliphatic carbocycles. The number of benzene rings is 1. The number of ether oxygens (including phenoxy) is 1. The standard InChI is InChI=1S/C13H13FN2O2S/c1-8-7-19-12(16-8)6-15-13(17)10-5-9(14)3-4-11(10)18-2/h3-5,7H,6H2,1-2H3,(H,15,17). The van der Waals surface area contributed by atoms with E-state index < -0.39 is 5.82 Å². The molecule has 19 heavy (non-hydrogen) atoms. The van der Waals surface area contributed by atoms with E-state index in [0.29, 0.717) is 12.3 Å². The lowest BCUT2D eigenvalue weighted by Crippen LogP contribution is -2.23. The van der Waals surface area contributed by atoms with Crippen LogP contribution in [0, 0.1) is 12.7 Å². The second-order valence-corrected chi connectivity index (χ2v) is 4.85. The normalized spacial score (nSPS) is 10.3. The number of aromatic nitrogens is 1. The van der Waals surface area contributed by atoms with Gasteiger partial charge in [-0.05, 0) is 25.1 Å². The van der Waals surface area contributed by atoms with E-state index in [4.69, 9.17) is 4.74 Å². The summed E-state index contributed by atoms with van der Waals surface area (Å²) < 4.78 is 18.2. The molecule has 1 N–H and O–H groups in total. The Labute approximate surface area is 114 Å². The van der Waals surface area contributed by atoms with Gasteiger partial charge in [0.15, 0.2) is 0 Å². The van der Waals surface area contributed by atoms with Gasteiger partial charge in [-0.3, -0.25) is 4.79 Å². The van der Waals surface area contributed by atoms with Crippen LogP contribution in [0.4, 0.5) is 4.39 Å². The van der Waals surface area contributed by atoms with Crippen LogP contribution in [0.15, 0.2) is 23.6 Å². The summed E-state index contributed by atoms with van der Waals surface area (Å²) in [5.74, 6) is -0.519. The van der Waals surface area contributed by atoms with Gasteiger partial charge in [-0.1, -0.05) is 0 Å². The number of hydrogen-bond acceptors (Lipinski definition) is 4. The van der Waals surface area contributed by atoms with Crippen molar-refractivity contribution in [3.8, 4) is 5.75 Å². The Hall–Kier alpha value is -1.95. The first-order valence-electron chi connectivity index (χ1n) is 5.63. The fourth-order valence-electron chi connectivity index (χ4n) is 1.59. The molecule has 1 aromatic heterocycles. The maximum Gasteiger partial charge on any atom is 0.255 e. The number of halogens is 1. The quantitative estimate of drug-likeness (QED) is 0.936. The molecule has 0 saturated heterocycles. The topological polar surface area (TPSA) is 51.2 Å². The lowest BCUT2D eigenvalue weighted by molar-refractivity contribution is 0.0947. The number of hydrogen-bond donors (Lipinski definition) is 1. The summed E-state index contributed by atoms with van der Waals surface area (Å²) in [5, 5.41) is 5.41. The van der Waals surface area contributed by atoms with Crippen LogP contribution in [0.1, 0.15) is 21.1 Å². The zero-order valence-electron chi connectivity index (χ0n) is 10.6. The number of thiazole rings is 1.